The molecular formula is C65H127N2O6P. The summed E-state index contributed by atoms with van der Waals surface area (Å²) in [7, 11) is 1.25. The van der Waals surface area contributed by atoms with Gasteiger partial charge in [-0.15, -0.1) is 0 Å². The molecule has 0 saturated carbocycles. The number of likely N-dealkylation sites (N-methyl/N-ethyl adjacent to an activating group) is 1. The Kier molecular flexibility index (Phi) is 55.5. The first kappa shape index (κ1) is 72.7. The lowest BCUT2D eigenvalue weighted by molar-refractivity contribution is -0.870. The molecule has 0 aromatic carbocycles. The summed E-state index contributed by atoms with van der Waals surface area (Å²) in [5.74, 6) is -0.203. The Balaban J connectivity index is 4.15. The Hall–Kier alpha value is -1.28. The highest BCUT2D eigenvalue weighted by Gasteiger charge is 2.23. The minimum Gasteiger partial charge on any atom is -0.756 e. The number of nitrogens with zero attached hydrogens (tertiary/aromatic N) is 1. The van der Waals surface area contributed by atoms with Gasteiger partial charge in [0.15, 0.2) is 0 Å². The number of carbonyl (C=O) groups excluding carboxylic acids is 1. The van der Waals surface area contributed by atoms with E-state index in [9.17, 15) is 19.4 Å². The third kappa shape index (κ3) is 58.4. The number of allylic oxidation sites excluding steroid dienone is 5. The van der Waals surface area contributed by atoms with Crippen LogP contribution in [0.2, 0.25) is 0 Å². The predicted octanol–water partition coefficient (Wildman–Crippen LogP) is 19.5. The Morgan fingerprint density at radius 1 is 0.459 bits per heavy atom. The van der Waals surface area contributed by atoms with Gasteiger partial charge < -0.3 is 28.8 Å². The second kappa shape index (κ2) is 56.4. The second-order valence-corrected chi connectivity index (χ2v) is 24.9. The Labute approximate surface area is 461 Å². The molecule has 438 valence electrons. The minimum atomic E-state index is -4.61. The van der Waals surface area contributed by atoms with Crippen molar-refractivity contribution in [2.24, 2.45) is 0 Å². The molecular weight excluding hydrogens is 936 g/mol. The average molecular weight is 1060 g/mol. The molecule has 3 unspecified atom stereocenters. The number of rotatable bonds is 60. The molecule has 0 saturated heterocycles. The van der Waals surface area contributed by atoms with E-state index in [0.717, 1.165) is 38.5 Å². The van der Waals surface area contributed by atoms with Crippen molar-refractivity contribution >= 4 is 13.7 Å². The molecule has 0 aliphatic rings. The van der Waals surface area contributed by atoms with Crippen LogP contribution in [-0.4, -0.2) is 68.5 Å². The fraction of sp³-hybridized carbons (Fsp3) is 0.892. The Morgan fingerprint density at radius 2 is 0.757 bits per heavy atom. The third-order valence-electron chi connectivity index (χ3n) is 14.8. The van der Waals surface area contributed by atoms with Crippen LogP contribution < -0.4 is 10.2 Å². The van der Waals surface area contributed by atoms with E-state index in [1.807, 2.05) is 27.2 Å². The fourth-order valence-corrected chi connectivity index (χ4v) is 10.5. The van der Waals surface area contributed by atoms with Crippen LogP contribution in [0.3, 0.4) is 0 Å². The summed E-state index contributed by atoms with van der Waals surface area (Å²) in [4.78, 5) is 25.6. The lowest BCUT2D eigenvalue weighted by atomic mass is 10.0. The highest BCUT2D eigenvalue weighted by atomic mass is 31.2. The monoisotopic (exact) mass is 1060 g/mol. The summed E-state index contributed by atoms with van der Waals surface area (Å²) in [5, 5.41) is 13.9. The minimum absolute atomic E-state index is 0.00532. The van der Waals surface area contributed by atoms with E-state index in [4.69, 9.17) is 9.05 Å². The summed E-state index contributed by atoms with van der Waals surface area (Å²) in [5.41, 5.74) is 0. The van der Waals surface area contributed by atoms with Gasteiger partial charge >= 0.3 is 0 Å². The van der Waals surface area contributed by atoms with Crippen molar-refractivity contribution in [1.82, 2.24) is 5.32 Å². The van der Waals surface area contributed by atoms with E-state index in [2.05, 4.69) is 43.5 Å². The lowest BCUT2D eigenvalue weighted by Crippen LogP contribution is -2.45. The zero-order valence-corrected chi connectivity index (χ0v) is 51.0. The average Bonchev–Trinajstić information content (AvgIpc) is 3.36. The molecule has 0 bridgehead atoms. The predicted molar refractivity (Wildman–Crippen MR) is 321 cm³/mol. The van der Waals surface area contributed by atoms with Gasteiger partial charge in [0.2, 0.25) is 5.91 Å². The molecule has 8 nitrogen and oxygen atoms in total. The molecule has 0 rings (SSSR count). The number of quaternary nitrogens is 1. The van der Waals surface area contributed by atoms with Crippen LogP contribution in [0.5, 0.6) is 0 Å². The topological polar surface area (TPSA) is 108 Å². The first-order valence-corrected chi connectivity index (χ1v) is 33.8. The van der Waals surface area contributed by atoms with Crippen LogP contribution in [0.25, 0.3) is 0 Å². The van der Waals surface area contributed by atoms with E-state index in [1.165, 1.54) is 263 Å². The van der Waals surface area contributed by atoms with Crippen molar-refractivity contribution in [3.05, 3.63) is 36.5 Å². The van der Waals surface area contributed by atoms with Gasteiger partial charge in [-0.1, -0.05) is 294 Å². The standard InChI is InChI=1S/C65H127N2O6P/c1-6-8-10-12-14-16-18-20-22-24-26-28-30-32-33-34-35-37-39-41-43-45-47-49-51-53-55-57-59-65(69)66-63(62-73-74(70,71)72-61-60-67(3,4)5)64(68)58-56-54-52-50-48-46-44-42-40-38-36-31-29-27-25-23-21-19-17-15-13-11-9-7-2/h32-33,48,50,56,58,63-64,68H,6-31,34-47,49,51-55,57,59-62H2,1-5H3,(H-,66,69,70,71)/b33-32-,50-48+,58-56+. The highest BCUT2D eigenvalue weighted by Crippen LogP contribution is 2.38. The zero-order chi connectivity index (χ0) is 54.2. The number of phosphoric ester groups is 1. The molecule has 2 N–H and O–H groups in total. The second-order valence-electron chi connectivity index (χ2n) is 23.5. The fourth-order valence-electron chi connectivity index (χ4n) is 9.76. The van der Waals surface area contributed by atoms with Gasteiger partial charge in [0, 0.05) is 6.42 Å². The van der Waals surface area contributed by atoms with Crippen molar-refractivity contribution in [2.75, 3.05) is 40.9 Å². The molecule has 0 heterocycles. The highest BCUT2D eigenvalue weighted by molar-refractivity contribution is 7.45. The van der Waals surface area contributed by atoms with Crippen LogP contribution in [-0.2, 0) is 18.4 Å². The van der Waals surface area contributed by atoms with Gasteiger partial charge in [-0.05, 0) is 57.8 Å². The maximum absolute atomic E-state index is 13.0. The molecule has 0 aliphatic carbocycles. The van der Waals surface area contributed by atoms with Crippen LogP contribution in [0, 0.1) is 0 Å². The molecule has 0 aromatic rings. The first-order valence-electron chi connectivity index (χ1n) is 32.4. The number of amides is 1. The van der Waals surface area contributed by atoms with Crippen molar-refractivity contribution in [3.63, 3.8) is 0 Å². The van der Waals surface area contributed by atoms with Gasteiger partial charge in [0.1, 0.15) is 13.2 Å². The number of unbranched alkanes of at least 4 members (excludes halogenated alkanes) is 43. The maximum atomic E-state index is 13.0. The first-order chi connectivity index (χ1) is 36.0. The normalized spacial score (nSPS) is 14.0. The Bertz CT molecular complexity index is 1300. The third-order valence-corrected chi connectivity index (χ3v) is 15.8. The van der Waals surface area contributed by atoms with Crippen molar-refractivity contribution < 1.29 is 32.9 Å². The Morgan fingerprint density at radius 3 is 1.09 bits per heavy atom. The van der Waals surface area contributed by atoms with Crippen molar-refractivity contribution in [2.45, 2.75) is 334 Å². The van der Waals surface area contributed by atoms with Crippen molar-refractivity contribution in [3.8, 4) is 0 Å². The molecule has 0 aromatic heterocycles. The quantitative estimate of drug-likeness (QED) is 0.0272. The van der Waals surface area contributed by atoms with Crippen LogP contribution in [0.4, 0.5) is 0 Å². The van der Waals surface area contributed by atoms with Gasteiger partial charge in [0.05, 0.1) is 39.9 Å². The smallest absolute Gasteiger partial charge is 0.268 e. The van der Waals surface area contributed by atoms with E-state index < -0.39 is 26.6 Å². The number of aliphatic hydroxyl groups is 1. The maximum Gasteiger partial charge on any atom is 0.268 e. The van der Waals surface area contributed by atoms with Gasteiger partial charge in [-0.3, -0.25) is 9.36 Å². The summed E-state index contributed by atoms with van der Waals surface area (Å²) in [6.45, 7) is 4.68. The molecule has 74 heavy (non-hydrogen) atoms. The largest absolute Gasteiger partial charge is 0.756 e. The summed E-state index contributed by atoms with van der Waals surface area (Å²) >= 11 is 0. The zero-order valence-electron chi connectivity index (χ0n) is 50.1. The SMILES string of the molecule is CCCCCCCCCCCCCC/C=C\CCCCCCCCCCCCCCC(=O)NC(COP(=O)([O-])OCC[N+](C)(C)C)C(O)/C=C/CC/C=C/CCCCCCCCCCCCCCCCCCCC. The molecule has 3 atom stereocenters. The van der Waals surface area contributed by atoms with E-state index in [-0.39, 0.29) is 12.5 Å². The molecule has 9 heteroatoms. The van der Waals surface area contributed by atoms with E-state index in [0.29, 0.717) is 17.4 Å². The number of hydrogen-bond donors (Lipinski definition) is 2. The lowest BCUT2D eigenvalue weighted by Gasteiger charge is -2.29. The van der Waals surface area contributed by atoms with Crippen molar-refractivity contribution in [1.29, 1.82) is 0 Å². The summed E-state index contributed by atoms with van der Waals surface area (Å²) in [6.07, 6.45) is 73.9. The van der Waals surface area contributed by atoms with E-state index in [1.54, 1.807) is 6.08 Å². The van der Waals surface area contributed by atoms with Crippen LogP contribution >= 0.6 is 7.82 Å². The summed E-state index contributed by atoms with van der Waals surface area (Å²) < 4.78 is 23.4. The van der Waals surface area contributed by atoms with Gasteiger partial charge in [-0.25, -0.2) is 0 Å². The molecule has 0 fully saturated rings. The van der Waals surface area contributed by atoms with Crippen LogP contribution in [0.1, 0.15) is 322 Å². The molecule has 0 radical (unpaired) electrons. The molecule has 1 amide bonds. The number of carbonyl (C=O) groups is 1. The number of aliphatic hydroxyl groups excluding tert-OH is 1. The number of phosphoric acid groups is 1. The number of hydrogen-bond acceptors (Lipinski definition) is 6. The number of nitrogens with one attached hydrogen (secondary N) is 1. The molecule has 0 spiro atoms. The molecule has 0 aliphatic heterocycles. The van der Waals surface area contributed by atoms with Gasteiger partial charge in [-0.2, -0.15) is 0 Å². The van der Waals surface area contributed by atoms with Crippen LogP contribution in [0.15, 0.2) is 36.5 Å². The van der Waals surface area contributed by atoms with Gasteiger partial charge in [0.25, 0.3) is 7.82 Å². The van der Waals surface area contributed by atoms with E-state index >= 15 is 0 Å². The summed E-state index contributed by atoms with van der Waals surface area (Å²) in [6, 6.07) is -0.904.